The van der Waals surface area contributed by atoms with Crippen molar-refractivity contribution in [2.24, 2.45) is 0 Å². The number of halogens is 2. The first-order chi connectivity index (χ1) is 10.7. The zero-order chi connectivity index (χ0) is 17.0. The van der Waals surface area contributed by atoms with Crippen molar-refractivity contribution in [2.75, 3.05) is 6.26 Å². The minimum atomic E-state index is -3.59. The van der Waals surface area contributed by atoms with Crippen molar-refractivity contribution >= 4 is 45.2 Å². The van der Waals surface area contributed by atoms with Gasteiger partial charge in [-0.2, -0.15) is 8.42 Å². The molecular weight excluding hydrogens is 359 g/mol. The van der Waals surface area contributed by atoms with Gasteiger partial charge in [0.25, 0.3) is 0 Å². The number of allylic oxidation sites excluding steroid dienone is 1. The molecule has 0 atom stereocenters. The van der Waals surface area contributed by atoms with E-state index in [4.69, 9.17) is 27.4 Å². The Kier molecular flexibility index (Phi) is 5.46. The summed E-state index contributed by atoms with van der Waals surface area (Å²) >= 11 is 11.8. The molecule has 0 spiro atoms. The summed E-state index contributed by atoms with van der Waals surface area (Å²) in [6.45, 7) is 0. The van der Waals surface area contributed by atoms with Gasteiger partial charge in [0.05, 0.1) is 6.26 Å². The molecule has 23 heavy (non-hydrogen) atoms. The molecule has 0 saturated heterocycles. The highest BCUT2D eigenvalue weighted by molar-refractivity contribution is 7.86. The van der Waals surface area contributed by atoms with Crippen molar-refractivity contribution in [1.29, 1.82) is 0 Å². The Morgan fingerprint density at radius 2 is 1.74 bits per heavy atom. The van der Waals surface area contributed by atoms with Crippen LogP contribution in [-0.2, 0) is 10.1 Å². The molecule has 0 heterocycles. The van der Waals surface area contributed by atoms with E-state index in [0.29, 0.717) is 21.2 Å². The standard InChI is InChI=1S/C16H12Cl2O4S/c1-23(20,21)22-14-7-3-12(4-8-14)16(19)9-5-11-2-6-13(17)10-15(11)18/h2-10H,1H3. The molecule has 0 unspecified atom stereocenters. The van der Waals surface area contributed by atoms with E-state index in [9.17, 15) is 13.2 Å². The van der Waals surface area contributed by atoms with E-state index in [0.717, 1.165) is 6.26 Å². The van der Waals surface area contributed by atoms with Crippen LogP contribution >= 0.6 is 23.2 Å². The fourth-order valence-corrected chi connectivity index (χ4v) is 2.68. The summed E-state index contributed by atoms with van der Waals surface area (Å²) in [5.74, 6) is -0.101. The van der Waals surface area contributed by atoms with E-state index >= 15 is 0 Å². The average Bonchev–Trinajstić information content (AvgIpc) is 2.45. The number of hydrogen-bond donors (Lipinski definition) is 0. The normalized spacial score (nSPS) is 11.6. The Bertz CT molecular complexity index is 856. The van der Waals surface area contributed by atoms with E-state index < -0.39 is 10.1 Å². The van der Waals surface area contributed by atoms with Gasteiger partial charge in [-0.1, -0.05) is 29.3 Å². The third-order valence-electron chi connectivity index (χ3n) is 2.76. The van der Waals surface area contributed by atoms with Crippen molar-refractivity contribution in [3.63, 3.8) is 0 Å². The van der Waals surface area contributed by atoms with Gasteiger partial charge in [-0.15, -0.1) is 0 Å². The van der Waals surface area contributed by atoms with Crippen molar-refractivity contribution < 1.29 is 17.4 Å². The maximum atomic E-state index is 12.1. The Morgan fingerprint density at radius 3 is 2.30 bits per heavy atom. The highest BCUT2D eigenvalue weighted by atomic mass is 35.5. The van der Waals surface area contributed by atoms with E-state index in [2.05, 4.69) is 0 Å². The summed E-state index contributed by atoms with van der Waals surface area (Å²) in [6, 6.07) is 10.8. The number of carbonyl (C=O) groups is 1. The second-order valence-electron chi connectivity index (χ2n) is 4.68. The number of carbonyl (C=O) groups excluding carboxylic acids is 1. The first-order valence-electron chi connectivity index (χ1n) is 6.41. The lowest BCUT2D eigenvalue weighted by Crippen LogP contribution is -2.05. The van der Waals surface area contributed by atoms with Gasteiger partial charge in [0.2, 0.25) is 0 Å². The molecular formula is C16H12Cl2O4S. The third-order valence-corrected chi connectivity index (χ3v) is 3.82. The summed E-state index contributed by atoms with van der Waals surface area (Å²) < 4.78 is 26.7. The van der Waals surface area contributed by atoms with Crippen LogP contribution in [0.2, 0.25) is 10.0 Å². The lowest BCUT2D eigenvalue weighted by atomic mass is 10.1. The molecule has 7 heteroatoms. The zero-order valence-corrected chi connectivity index (χ0v) is 14.3. The van der Waals surface area contributed by atoms with Crippen LogP contribution in [0.4, 0.5) is 0 Å². The van der Waals surface area contributed by atoms with Crippen LogP contribution in [0.25, 0.3) is 6.08 Å². The van der Waals surface area contributed by atoms with Crippen molar-refractivity contribution in [2.45, 2.75) is 0 Å². The molecule has 0 N–H and O–H groups in total. The second-order valence-corrected chi connectivity index (χ2v) is 7.09. The van der Waals surface area contributed by atoms with Crippen LogP contribution < -0.4 is 4.18 Å². The van der Waals surface area contributed by atoms with Gasteiger partial charge in [-0.05, 0) is 54.1 Å². The molecule has 120 valence electrons. The Labute approximate surface area is 144 Å². The molecule has 2 aromatic rings. The molecule has 2 aromatic carbocycles. The molecule has 0 saturated carbocycles. The van der Waals surface area contributed by atoms with E-state index in [-0.39, 0.29) is 11.5 Å². The molecule has 0 amide bonds. The fraction of sp³-hybridized carbons (Fsp3) is 0.0625. The second kappa shape index (κ2) is 7.17. The fourth-order valence-electron chi connectivity index (χ4n) is 1.75. The SMILES string of the molecule is CS(=O)(=O)Oc1ccc(C(=O)C=Cc2ccc(Cl)cc2Cl)cc1. The topological polar surface area (TPSA) is 60.4 Å². The third kappa shape index (κ3) is 5.39. The van der Waals surface area contributed by atoms with Crippen molar-refractivity contribution in [3.8, 4) is 5.75 Å². The lowest BCUT2D eigenvalue weighted by Gasteiger charge is -2.03. The number of hydrogen-bond acceptors (Lipinski definition) is 4. The molecule has 0 bridgehead atoms. The van der Waals surface area contributed by atoms with Crippen LogP contribution in [0.15, 0.2) is 48.5 Å². The highest BCUT2D eigenvalue weighted by Crippen LogP contribution is 2.22. The van der Waals surface area contributed by atoms with Gasteiger partial charge in [-0.3, -0.25) is 4.79 Å². The number of ketones is 1. The minimum Gasteiger partial charge on any atom is -0.383 e. The Hall–Kier alpha value is -1.82. The predicted octanol–water partition coefficient (Wildman–Crippen LogP) is 4.23. The lowest BCUT2D eigenvalue weighted by molar-refractivity contribution is 0.104. The van der Waals surface area contributed by atoms with Gasteiger partial charge in [0.1, 0.15) is 5.75 Å². The number of benzene rings is 2. The predicted molar refractivity (Wildman–Crippen MR) is 91.7 cm³/mol. The summed E-state index contributed by atoms with van der Waals surface area (Å²) in [7, 11) is -3.59. The van der Waals surface area contributed by atoms with E-state index in [1.54, 1.807) is 24.3 Å². The Balaban J connectivity index is 2.13. The molecule has 4 nitrogen and oxygen atoms in total. The van der Waals surface area contributed by atoms with Crippen LogP contribution in [0.3, 0.4) is 0 Å². The van der Waals surface area contributed by atoms with Crippen LogP contribution in [0.1, 0.15) is 15.9 Å². The minimum absolute atomic E-state index is 0.147. The Morgan fingerprint density at radius 1 is 1.09 bits per heavy atom. The summed E-state index contributed by atoms with van der Waals surface area (Å²) in [5.41, 5.74) is 1.06. The quantitative estimate of drug-likeness (QED) is 0.448. The molecule has 0 fully saturated rings. The first kappa shape index (κ1) is 17.5. The van der Waals surface area contributed by atoms with Gasteiger partial charge in [-0.25, -0.2) is 0 Å². The van der Waals surface area contributed by atoms with Crippen LogP contribution in [0.5, 0.6) is 5.75 Å². The molecule has 0 aliphatic carbocycles. The summed E-state index contributed by atoms with van der Waals surface area (Å²) in [5, 5.41) is 0.957. The van der Waals surface area contributed by atoms with Crippen LogP contribution in [0, 0.1) is 0 Å². The van der Waals surface area contributed by atoms with Gasteiger partial charge < -0.3 is 4.18 Å². The monoisotopic (exact) mass is 370 g/mol. The van der Waals surface area contributed by atoms with E-state index in [1.807, 2.05) is 0 Å². The molecule has 0 aliphatic rings. The van der Waals surface area contributed by atoms with Gasteiger partial charge in [0, 0.05) is 15.6 Å². The molecule has 0 aromatic heterocycles. The van der Waals surface area contributed by atoms with Crippen molar-refractivity contribution in [3.05, 3.63) is 69.7 Å². The van der Waals surface area contributed by atoms with E-state index in [1.165, 1.54) is 30.3 Å². The van der Waals surface area contributed by atoms with Crippen LogP contribution in [-0.4, -0.2) is 20.5 Å². The average molecular weight is 371 g/mol. The van der Waals surface area contributed by atoms with Gasteiger partial charge in [0.15, 0.2) is 5.78 Å². The largest absolute Gasteiger partial charge is 0.383 e. The maximum absolute atomic E-state index is 12.1. The molecule has 0 radical (unpaired) electrons. The maximum Gasteiger partial charge on any atom is 0.306 e. The molecule has 0 aliphatic heterocycles. The smallest absolute Gasteiger partial charge is 0.306 e. The first-order valence-corrected chi connectivity index (χ1v) is 8.99. The molecule has 2 rings (SSSR count). The highest BCUT2D eigenvalue weighted by Gasteiger charge is 2.07. The van der Waals surface area contributed by atoms with Gasteiger partial charge >= 0.3 is 10.1 Å². The summed E-state index contributed by atoms with van der Waals surface area (Å²) in [4.78, 5) is 12.1. The summed E-state index contributed by atoms with van der Waals surface area (Å²) in [6.07, 6.45) is 3.91. The van der Waals surface area contributed by atoms with Crippen molar-refractivity contribution in [1.82, 2.24) is 0 Å². The zero-order valence-electron chi connectivity index (χ0n) is 12.0. The number of rotatable bonds is 5.